The Kier molecular flexibility index (Phi) is 3.34. The molecule has 6 nitrogen and oxygen atoms in total. The maximum atomic E-state index is 11.8. The van der Waals surface area contributed by atoms with Crippen molar-refractivity contribution in [3.8, 4) is 0 Å². The number of anilines is 1. The van der Waals surface area contributed by atoms with Crippen LogP contribution < -0.4 is 11.3 Å². The van der Waals surface area contributed by atoms with E-state index in [0.717, 1.165) is 11.3 Å². The van der Waals surface area contributed by atoms with Crippen LogP contribution in [0.1, 0.15) is 5.56 Å². The van der Waals surface area contributed by atoms with Gasteiger partial charge in [0.2, 0.25) is 0 Å². The number of nitrogens with one attached hydrogen (secondary N) is 1. The van der Waals surface area contributed by atoms with Crippen LogP contribution in [-0.2, 0) is 16.8 Å². The van der Waals surface area contributed by atoms with E-state index < -0.39 is 10.2 Å². The van der Waals surface area contributed by atoms with Crippen molar-refractivity contribution in [2.45, 2.75) is 6.54 Å². The van der Waals surface area contributed by atoms with Crippen LogP contribution in [0.5, 0.6) is 0 Å². The van der Waals surface area contributed by atoms with Gasteiger partial charge in [-0.05, 0) is 17.7 Å². The van der Waals surface area contributed by atoms with Gasteiger partial charge in [0.05, 0.1) is 0 Å². The van der Waals surface area contributed by atoms with Crippen LogP contribution in [-0.4, -0.2) is 37.2 Å². The summed E-state index contributed by atoms with van der Waals surface area (Å²) in [6.45, 7) is 1.48. The zero-order valence-electron chi connectivity index (χ0n) is 9.63. The summed E-state index contributed by atoms with van der Waals surface area (Å²) >= 11 is 0. The van der Waals surface area contributed by atoms with Gasteiger partial charge in [0.25, 0.3) is 10.2 Å². The molecule has 0 amide bonds. The third kappa shape index (κ3) is 2.42. The lowest BCUT2D eigenvalue weighted by Crippen LogP contribution is -2.30. The minimum absolute atomic E-state index is 0.400. The predicted octanol–water partition coefficient (Wildman–Crippen LogP) is -0.0356. The molecule has 0 atom stereocenters. The van der Waals surface area contributed by atoms with Gasteiger partial charge in [0, 0.05) is 32.4 Å². The molecule has 0 unspecified atom stereocenters. The minimum atomic E-state index is -3.25. The molecule has 1 fully saturated rings. The van der Waals surface area contributed by atoms with E-state index in [9.17, 15) is 8.42 Å². The van der Waals surface area contributed by atoms with Crippen LogP contribution >= 0.6 is 0 Å². The van der Waals surface area contributed by atoms with Crippen LogP contribution in [0.15, 0.2) is 24.3 Å². The van der Waals surface area contributed by atoms with E-state index in [1.54, 1.807) is 7.05 Å². The second kappa shape index (κ2) is 4.61. The Morgan fingerprint density at radius 2 is 1.94 bits per heavy atom. The van der Waals surface area contributed by atoms with Crippen LogP contribution in [0, 0.1) is 0 Å². The number of nitrogen functional groups attached to an aromatic ring is 1. The summed E-state index contributed by atoms with van der Waals surface area (Å²) in [7, 11) is -1.66. The Bertz CT molecular complexity index is 486. The predicted molar refractivity (Wildman–Crippen MR) is 66.2 cm³/mol. The van der Waals surface area contributed by atoms with E-state index >= 15 is 0 Å². The number of benzene rings is 1. The van der Waals surface area contributed by atoms with E-state index in [4.69, 9.17) is 5.84 Å². The highest BCUT2D eigenvalue weighted by atomic mass is 32.2. The number of nitrogens with two attached hydrogens (primary N) is 1. The Morgan fingerprint density at radius 1 is 1.29 bits per heavy atom. The zero-order chi connectivity index (χ0) is 12.5. The molecule has 0 spiro atoms. The van der Waals surface area contributed by atoms with Gasteiger partial charge in [-0.3, -0.25) is 5.84 Å². The van der Waals surface area contributed by atoms with Gasteiger partial charge in [-0.2, -0.15) is 17.0 Å². The summed E-state index contributed by atoms with van der Waals surface area (Å²) in [6, 6.07) is 7.37. The second-order valence-corrected chi connectivity index (χ2v) is 6.04. The van der Waals surface area contributed by atoms with Gasteiger partial charge in [-0.15, -0.1) is 0 Å². The van der Waals surface area contributed by atoms with Gasteiger partial charge in [0.15, 0.2) is 0 Å². The minimum Gasteiger partial charge on any atom is -0.324 e. The number of hydrogen-bond donors (Lipinski definition) is 2. The summed E-state index contributed by atoms with van der Waals surface area (Å²) in [5.41, 5.74) is 4.28. The van der Waals surface area contributed by atoms with E-state index in [-0.39, 0.29) is 0 Å². The van der Waals surface area contributed by atoms with Crippen LogP contribution in [0.25, 0.3) is 0 Å². The third-order valence-corrected chi connectivity index (χ3v) is 4.80. The molecule has 0 bridgehead atoms. The first-order valence-corrected chi connectivity index (χ1v) is 6.70. The van der Waals surface area contributed by atoms with Gasteiger partial charge in [-0.25, -0.2) is 0 Å². The summed E-state index contributed by atoms with van der Waals surface area (Å²) in [4.78, 5) is 0. The molecule has 0 radical (unpaired) electrons. The fourth-order valence-corrected chi connectivity index (χ4v) is 3.08. The molecular formula is C10H16N4O2S. The van der Waals surface area contributed by atoms with Gasteiger partial charge >= 0.3 is 0 Å². The van der Waals surface area contributed by atoms with E-state index in [1.807, 2.05) is 24.3 Å². The number of likely N-dealkylation sites (N-methyl/N-ethyl adjacent to an activating group) is 1. The lowest BCUT2D eigenvalue weighted by atomic mass is 10.2. The Labute approximate surface area is 101 Å². The summed E-state index contributed by atoms with van der Waals surface area (Å²) in [6.07, 6.45) is 0. The highest BCUT2D eigenvalue weighted by Crippen LogP contribution is 2.18. The van der Waals surface area contributed by atoms with E-state index in [2.05, 4.69) is 5.43 Å². The molecular weight excluding hydrogens is 240 g/mol. The molecule has 0 aromatic heterocycles. The number of hydrogen-bond acceptors (Lipinski definition) is 4. The first-order chi connectivity index (χ1) is 8.04. The second-order valence-electron chi connectivity index (χ2n) is 4.00. The average Bonchev–Trinajstić information content (AvgIpc) is 2.57. The lowest BCUT2D eigenvalue weighted by Gasteiger charge is -2.15. The van der Waals surface area contributed by atoms with Crippen LogP contribution in [0.3, 0.4) is 0 Å². The first-order valence-electron chi connectivity index (χ1n) is 5.31. The van der Waals surface area contributed by atoms with Gasteiger partial charge < -0.3 is 5.43 Å². The van der Waals surface area contributed by atoms with Gasteiger partial charge in [-0.1, -0.05) is 12.1 Å². The Hall–Kier alpha value is -1.15. The average molecular weight is 256 g/mol. The van der Waals surface area contributed by atoms with E-state index in [1.165, 1.54) is 8.61 Å². The van der Waals surface area contributed by atoms with Crippen molar-refractivity contribution in [1.29, 1.82) is 0 Å². The third-order valence-electron chi connectivity index (χ3n) is 2.86. The van der Waals surface area contributed by atoms with Crippen molar-refractivity contribution >= 4 is 15.9 Å². The topological polar surface area (TPSA) is 78.7 Å². The molecule has 94 valence electrons. The Morgan fingerprint density at radius 3 is 2.41 bits per heavy atom. The lowest BCUT2D eigenvalue weighted by molar-refractivity contribution is 0.445. The summed E-state index contributed by atoms with van der Waals surface area (Å²) in [5, 5.41) is 0. The SMILES string of the molecule is CN1CCN(Cc2ccc(NN)cc2)S1(=O)=O. The molecule has 1 saturated heterocycles. The molecule has 0 aliphatic carbocycles. The summed E-state index contributed by atoms with van der Waals surface area (Å²) in [5.74, 6) is 5.26. The quantitative estimate of drug-likeness (QED) is 0.588. The largest absolute Gasteiger partial charge is 0.324 e. The van der Waals surface area contributed by atoms with E-state index in [0.29, 0.717) is 19.6 Å². The number of rotatable bonds is 3. The first kappa shape index (κ1) is 12.3. The highest BCUT2D eigenvalue weighted by molar-refractivity contribution is 7.86. The monoisotopic (exact) mass is 256 g/mol. The zero-order valence-corrected chi connectivity index (χ0v) is 10.4. The molecule has 1 aliphatic rings. The molecule has 0 saturated carbocycles. The number of nitrogens with zero attached hydrogens (tertiary/aromatic N) is 2. The standard InChI is InChI=1S/C10H16N4O2S/c1-13-6-7-14(17(13,15)16)8-9-2-4-10(12-11)5-3-9/h2-5,12H,6-8,11H2,1H3. The normalized spacial score (nSPS) is 20.6. The van der Waals surface area contributed by atoms with Crippen LogP contribution in [0.4, 0.5) is 5.69 Å². The molecule has 1 aromatic rings. The molecule has 2 rings (SSSR count). The van der Waals surface area contributed by atoms with Crippen molar-refractivity contribution < 1.29 is 8.42 Å². The smallest absolute Gasteiger partial charge is 0.282 e. The van der Waals surface area contributed by atoms with Crippen molar-refractivity contribution in [2.24, 2.45) is 5.84 Å². The Balaban J connectivity index is 2.11. The fourth-order valence-electron chi connectivity index (χ4n) is 1.75. The fraction of sp³-hybridized carbons (Fsp3) is 0.400. The molecule has 1 aliphatic heterocycles. The highest BCUT2D eigenvalue weighted by Gasteiger charge is 2.33. The maximum absolute atomic E-state index is 11.8. The van der Waals surface area contributed by atoms with Crippen molar-refractivity contribution in [1.82, 2.24) is 8.61 Å². The van der Waals surface area contributed by atoms with Crippen molar-refractivity contribution in [3.63, 3.8) is 0 Å². The molecule has 3 N–H and O–H groups in total. The molecule has 17 heavy (non-hydrogen) atoms. The molecule has 7 heteroatoms. The molecule has 1 heterocycles. The maximum Gasteiger partial charge on any atom is 0.282 e. The van der Waals surface area contributed by atoms with Crippen LogP contribution in [0.2, 0.25) is 0 Å². The van der Waals surface area contributed by atoms with Gasteiger partial charge in [0.1, 0.15) is 0 Å². The van der Waals surface area contributed by atoms with Crippen molar-refractivity contribution in [2.75, 3.05) is 25.6 Å². The summed E-state index contributed by atoms with van der Waals surface area (Å²) < 4.78 is 26.5. The number of hydrazine groups is 1. The van der Waals surface area contributed by atoms with Crippen molar-refractivity contribution in [3.05, 3.63) is 29.8 Å². The molecule has 1 aromatic carbocycles.